The van der Waals surface area contributed by atoms with Crippen LogP contribution in [0.5, 0.6) is 11.5 Å². The molecule has 2 rings (SSSR count). The second kappa shape index (κ2) is 6.59. The number of hydrogen-bond acceptors (Lipinski definition) is 4. The predicted octanol–water partition coefficient (Wildman–Crippen LogP) is 2.55. The summed E-state index contributed by atoms with van der Waals surface area (Å²) in [6.07, 6.45) is 2.17. The Kier molecular flexibility index (Phi) is 5.07. The van der Waals surface area contributed by atoms with Gasteiger partial charge >= 0.3 is 0 Å². The van der Waals surface area contributed by atoms with E-state index in [9.17, 15) is 5.11 Å². The lowest BCUT2D eigenvalue weighted by molar-refractivity contribution is 0.309. The second-order valence-corrected chi connectivity index (χ2v) is 5.75. The Bertz CT molecular complexity index is 434. The Labute approximate surface area is 122 Å². The molecule has 1 aromatic carbocycles. The van der Waals surface area contributed by atoms with Crippen molar-refractivity contribution in [3.05, 3.63) is 22.2 Å². The van der Waals surface area contributed by atoms with E-state index in [4.69, 9.17) is 10.5 Å². The van der Waals surface area contributed by atoms with Crippen LogP contribution in [0.3, 0.4) is 0 Å². The minimum absolute atomic E-state index is 0.0155. The molecule has 4 nitrogen and oxygen atoms in total. The van der Waals surface area contributed by atoms with Crippen LogP contribution in [-0.4, -0.2) is 24.8 Å². The number of benzene rings is 1. The van der Waals surface area contributed by atoms with E-state index >= 15 is 0 Å². The first-order valence-corrected chi connectivity index (χ1v) is 7.54. The molecule has 0 radical (unpaired) electrons. The van der Waals surface area contributed by atoms with E-state index in [1.807, 2.05) is 19.1 Å². The molecule has 0 aromatic heterocycles. The molecule has 1 fully saturated rings. The smallest absolute Gasteiger partial charge is 0.172 e. The molecule has 1 saturated heterocycles. The number of phenols is 1. The number of halogens is 1. The number of rotatable bonds is 4. The molecule has 0 unspecified atom stereocenters. The van der Waals surface area contributed by atoms with Crippen molar-refractivity contribution in [1.82, 2.24) is 5.32 Å². The summed E-state index contributed by atoms with van der Waals surface area (Å²) in [5.74, 6) is 1.12. The highest BCUT2D eigenvalue weighted by atomic mass is 79.9. The Hall–Kier alpha value is -0.780. The molecular formula is C14H21BrN2O2. The number of phenolic OH excluding ortho intramolecular Hbond substituents is 1. The molecule has 19 heavy (non-hydrogen) atoms. The topological polar surface area (TPSA) is 67.5 Å². The highest BCUT2D eigenvalue weighted by Crippen LogP contribution is 2.38. The van der Waals surface area contributed by atoms with Gasteiger partial charge in [-0.3, -0.25) is 0 Å². The highest BCUT2D eigenvalue weighted by molar-refractivity contribution is 9.10. The molecule has 1 aliphatic rings. The summed E-state index contributed by atoms with van der Waals surface area (Å²) < 4.78 is 6.08. The first-order chi connectivity index (χ1) is 9.13. The number of ether oxygens (including phenoxy) is 1. The second-order valence-electron chi connectivity index (χ2n) is 4.90. The van der Waals surface area contributed by atoms with E-state index in [0.717, 1.165) is 31.5 Å². The Morgan fingerprint density at radius 1 is 1.47 bits per heavy atom. The van der Waals surface area contributed by atoms with Crippen molar-refractivity contribution in [2.75, 3.05) is 19.7 Å². The normalized spacial score (nSPS) is 18.3. The van der Waals surface area contributed by atoms with Crippen molar-refractivity contribution in [3.63, 3.8) is 0 Å². The maximum Gasteiger partial charge on any atom is 0.172 e. The molecule has 0 spiro atoms. The van der Waals surface area contributed by atoms with Crippen LogP contribution in [0.25, 0.3) is 0 Å². The summed E-state index contributed by atoms with van der Waals surface area (Å²) in [4.78, 5) is 0. The van der Waals surface area contributed by atoms with Gasteiger partial charge in [0.25, 0.3) is 0 Å². The molecule has 1 aliphatic heterocycles. The molecule has 0 bridgehead atoms. The quantitative estimate of drug-likeness (QED) is 0.794. The molecule has 0 saturated carbocycles. The number of nitrogens with two attached hydrogens (primary N) is 1. The van der Waals surface area contributed by atoms with E-state index in [0.29, 0.717) is 22.7 Å². The fraction of sp³-hybridized carbons (Fsp3) is 0.571. The minimum Gasteiger partial charge on any atom is -0.503 e. The first-order valence-electron chi connectivity index (χ1n) is 6.75. The maximum atomic E-state index is 9.92. The third kappa shape index (κ3) is 3.41. The van der Waals surface area contributed by atoms with Gasteiger partial charge in [-0.05, 0) is 72.4 Å². The summed E-state index contributed by atoms with van der Waals surface area (Å²) in [6, 6.07) is 3.74. The first kappa shape index (κ1) is 14.6. The summed E-state index contributed by atoms with van der Waals surface area (Å²) >= 11 is 3.36. The van der Waals surface area contributed by atoms with Crippen molar-refractivity contribution < 1.29 is 9.84 Å². The van der Waals surface area contributed by atoms with E-state index in [1.165, 1.54) is 0 Å². The summed E-state index contributed by atoms with van der Waals surface area (Å²) in [7, 11) is 0. The summed E-state index contributed by atoms with van der Waals surface area (Å²) in [6.45, 7) is 4.46. The molecule has 5 heteroatoms. The van der Waals surface area contributed by atoms with Gasteiger partial charge in [-0.15, -0.1) is 0 Å². The van der Waals surface area contributed by atoms with Crippen LogP contribution in [0.4, 0.5) is 0 Å². The summed E-state index contributed by atoms with van der Waals surface area (Å²) in [5.41, 5.74) is 7.38. The molecular weight excluding hydrogens is 308 g/mol. The monoisotopic (exact) mass is 328 g/mol. The number of piperidine rings is 1. The Morgan fingerprint density at radius 2 is 2.16 bits per heavy atom. The lowest BCUT2D eigenvalue weighted by Gasteiger charge is -2.28. The average Bonchev–Trinajstić information content (AvgIpc) is 2.44. The third-order valence-corrected chi connectivity index (χ3v) is 4.23. The van der Waals surface area contributed by atoms with E-state index in [-0.39, 0.29) is 11.8 Å². The molecule has 1 aromatic rings. The minimum atomic E-state index is -0.0155. The average molecular weight is 329 g/mol. The van der Waals surface area contributed by atoms with Crippen LogP contribution < -0.4 is 15.8 Å². The van der Waals surface area contributed by atoms with E-state index < -0.39 is 0 Å². The van der Waals surface area contributed by atoms with Gasteiger partial charge in [-0.1, -0.05) is 0 Å². The predicted molar refractivity (Wildman–Crippen MR) is 79.5 cm³/mol. The van der Waals surface area contributed by atoms with E-state index in [1.54, 1.807) is 0 Å². The fourth-order valence-corrected chi connectivity index (χ4v) is 2.99. The molecule has 0 aliphatic carbocycles. The zero-order chi connectivity index (χ0) is 13.8. The van der Waals surface area contributed by atoms with Gasteiger partial charge in [0.05, 0.1) is 11.1 Å². The SMILES string of the molecule is CCOc1cc([C@H](N)C2CCNCC2)cc(Br)c1O. The molecule has 0 amide bonds. The van der Waals surface area contributed by atoms with Crippen molar-refractivity contribution in [2.45, 2.75) is 25.8 Å². The Balaban J connectivity index is 2.23. The van der Waals surface area contributed by atoms with Crippen LogP contribution >= 0.6 is 15.9 Å². The van der Waals surface area contributed by atoms with Gasteiger partial charge in [0.1, 0.15) is 0 Å². The van der Waals surface area contributed by atoms with Crippen molar-refractivity contribution in [2.24, 2.45) is 11.7 Å². The van der Waals surface area contributed by atoms with Crippen LogP contribution in [0.2, 0.25) is 0 Å². The largest absolute Gasteiger partial charge is 0.503 e. The fourth-order valence-electron chi connectivity index (χ4n) is 2.53. The van der Waals surface area contributed by atoms with Gasteiger partial charge < -0.3 is 20.9 Å². The lowest BCUT2D eigenvalue weighted by Crippen LogP contribution is -2.33. The van der Waals surface area contributed by atoms with Crippen molar-refractivity contribution in [1.29, 1.82) is 0 Å². The maximum absolute atomic E-state index is 9.92. The van der Waals surface area contributed by atoms with Gasteiger partial charge in [-0.2, -0.15) is 0 Å². The molecule has 4 N–H and O–H groups in total. The number of nitrogens with one attached hydrogen (secondary N) is 1. The zero-order valence-corrected chi connectivity index (χ0v) is 12.7. The standard InChI is InChI=1S/C14H21BrN2O2/c1-2-19-12-8-10(7-11(15)14(12)18)13(16)9-3-5-17-6-4-9/h7-9,13,17-18H,2-6,16H2,1H3/t13-/m1/s1. The van der Waals surface area contributed by atoms with Crippen molar-refractivity contribution in [3.8, 4) is 11.5 Å². The van der Waals surface area contributed by atoms with Gasteiger partial charge in [0, 0.05) is 6.04 Å². The molecule has 106 valence electrons. The van der Waals surface area contributed by atoms with Gasteiger partial charge in [-0.25, -0.2) is 0 Å². The van der Waals surface area contributed by atoms with E-state index in [2.05, 4.69) is 21.2 Å². The molecule has 1 atom stereocenters. The zero-order valence-electron chi connectivity index (χ0n) is 11.2. The van der Waals surface area contributed by atoms with Crippen molar-refractivity contribution >= 4 is 15.9 Å². The Morgan fingerprint density at radius 3 is 2.79 bits per heavy atom. The molecule has 1 heterocycles. The van der Waals surface area contributed by atoms with Gasteiger partial charge in [0.2, 0.25) is 0 Å². The van der Waals surface area contributed by atoms with Crippen LogP contribution in [-0.2, 0) is 0 Å². The van der Waals surface area contributed by atoms with Gasteiger partial charge in [0.15, 0.2) is 11.5 Å². The lowest BCUT2D eigenvalue weighted by atomic mass is 9.86. The van der Waals surface area contributed by atoms with Crippen LogP contribution in [0.15, 0.2) is 16.6 Å². The highest BCUT2D eigenvalue weighted by Gasteiger charge is 2.23. The van der Waals surface area contributed by atoms with Crippen LogP contribution in [0.1, 0.15) is 31.4 Å². The third-order valence-electron chi connectivity index (χ3n) is 3.63. The summed E-state index contributed by atoms with van der Waals surface area (Å²) in [5, 5.41) is 13.3. The number of hydrogen-bond donors (Lipinski definition) is 3. The van der Waals surface area contributed by atoms with Crippen LogP contribution in [0, 0.1) is 5.92 Å². The number of aromatic hydroxyl groups is 1.